The second-order valence-electron chi connectivity index (χ2n) is 6.14. The fraction of sp³-hybridized carbons (Fsp3) is 0.923. The molecule has 0 heterocycles. The summed E-state index contributed by atoms with van der Waals surface area (Å²) >= 11 is 0. The van der Waals surface area contributed by atoms with Gasteiger partial charge in [0.25, 0.3) is 0 Å². The lowest BCUT2D eigenvalue weighted by atomic mass is 10.2. The van der Waals surface area contributed by atoms with E-state index in [4.69, 9.17) is 9.16 Å². The summed E-state index contributed by atoms with van der Waals surface area (Å²) in [7, 11) is -1.68. The van der Waals surface area contributed by atoms with E-state index in [-0.39, 0.29) is 17.2 Å². The molecule has 108 valence electrons. The van der Waals surface area contributed by atoms with Crippen molar-refractivity contribution in [1.29, 1.82) is 0 Å². The molecular weight excluding hydrogens is 246 g/mol. The molecule has 0 aromatic carbocycles. The third kappa shape index (κ3) is 6.40. The van der Waals surface area contributed by atoms with Gasteiger partial charge in [-0.2, -0.15) is 0 Å². The lowest BCUT2D eigenvalue weighted by Crippen LogP contribution is -2.41. The van der Waals surface area contributed by atoms with Crippen molar-refractivity contribution < 1.29 is 14.0 Å². The Bertz CT molecular complexity index is 261. The van der Waals surface area contributed by atoms with Crippen LogP contribution in [0.4, 0.5) is 4.79 Å². The summed E-state index contributed by atoms with van der Waals surface area (Å²) in [5.74, 6) is 0. The molecule has 0 aliphatic carbocycles. The first-order valence-electron chi connectivity index (χ1n) is 6.68. The minimum Gasteiger partial charge on any atom is -0.446 e. The van der Waals surface area contributed by atoms with Crippen molar-refractivity contribution >= 4 is 14.4 Å². The first kappa shape index (κ1) is 17.4. The van der Waals surface area contributed by atoms with Crippen LogP contribution in [0.15, 0.2) is 0 Å². The lowest BCUT2D eigenvalue weighted by molar-refractivity contribution is 0.0917. The molecule has 0 saturated heterocycles. The SMILES string of the molecule is CCNC(=O)OC(C)CCO[Si](C)(C)C(C)(C)C. The van der Waals surface area contributed by atoms with Gasteiger partial charge in [0.2, 0.25) is 0 Å². The van der Waals surface area contributed by atoms with Gasteiger partial charge in [-0.1, -0.05) is 20.8 Å². The Morgan fingerprint density at radius 1 is 1.33 bits per heavy atom. The zero-order chi connectivity index (χ0) is 14.4. The highest BCUT2D eigenvalue weighted by molar-refractivity contribution is 6.74. The predicted octanol–water partition coefficient (Wildman–Crippen LogP) is 3.53. The van der Waals surface area contributed by atoms with Gasteiger partial charge in [0, 0.05) is 19.6 Å². The number of hydrogen-bond donors (Lipinski definition) is 1. The quantitative estimate of drug-likeness (QED) is 0.754. The zero-order valence-corrected chi connectivity index (χ0v) is 13.9. The van der Waals surface area contributed by atoms with Gasteiger partial charge in [0.05, 0.1) is 0 Å². The first-order valence-corrected chi connectivity index (χ1v) is 9.59. The Labute approximate surface area is 113 Å². The molecule has 1 N–H and O–H groups in total. The average molecular weight is 275 g/mol. The average Bonchev–Trinajstić information content (AvgIpc) is 2.15. The van der Waals surface area contributed by atoms with Crippen LogP contribution in [0, 0.1) is 0 Å². The summed E-state index contributed by atoms with van der Waals surface area (Å²) in [4.78, 5) is 11.2. The largest absolute Gasteiger partial charge is 0.446 e. The fourth-order valence-electron chi connectivity index (χ4n) is 1.12. The Hall–Kier alpha value is -0.553. The number of hydrogen-bond acceptors (Lipinski definition) is 3. The molecule has 0 saturated carbocycles. The minimum atomic E-state index is -1.68. The van der Waals surface area contributed by atoms with Crippen molar-refractivity contribution in [3.8, 4) is 0 Å². The maximum Gasteiger partial charge on any atom is 0.407 e. The Morgan fingerprint density at radius 3 is 2.33 bits per heavy atom. The van der Waals surface area contributed by atoms with Crippen molar-refractivity contribution in [2.24, 2.45) is 0 Å². The van der Waals surface area contributed by atoms with Gasteiger partial charge in [0.15, 0.2) is 8.32 Å². The van der Waals surface area contributed by atoms with Crippen LogP contribution >= 0.6 is 0 Å². The summed E-state index contributed by atoms with van der Waals surface area (Å²) in [5, 5.41) is 2.83. The van der Waals surface area contributed by atoms with E-state index < -0.39 is 8.32 Å². The lowest BCUT2D eigenvalue weighted by Gasteiger charge is -2.36. The number of amides is 1. The monoisotopic (exact) mass is 275 g/mol. The molecule has 1 unspecified atom stereocenters. The zero-order valence-electron chi connectivity index (χ0n) is 12.9. The third-order valence-electron chi connectivity index (χ3n) is 3.42. The molecule has 1 atom stereocenters. The fourth-order valence-corrected chi connectivity index (χ4v) is 2.19. The van der Waals surface area contributed by atoms with Crippen molar-refractivity contribution in [2.45, 2.75) is 65.3 Å². The summed E-state index contributed by atoms with van der Waals surface area (Å²) in [5.41, 5.74) is 0. The van der Waals surface area contributed by atoms with Crippen molar-refractivity contribution in [3.63, 3.8) is 0 Å². The van der Waals surface area contributed by atoms with E-state index in [0.717, 1.165) is 6.42 Å². The van der Waals surface area contributed by atoms with Gasteiger partial charge < -0.3 is 14.5 Å². The number of ether oxygens (including phenoxy) is 1. The maximum absolute atomic E-state index is 11.2. The Kier molecular flexibility index (Phi) is 6.92. The highest BCUT2D eigenvalue weighted by Crippen LogP contribution is 2.36. The number of nitrogens with one attached hydrogen (secondary N) is 1. The molecule has 5 heteroatoms. The summed E-state index contributed by atoms with van der Waals surface area (Å²) < 4.78 is 11.2. The summed E-state index contributed by atoms with van der Waals surface area (Å²) in [6.45, 7) is 16.1. The first-order chi connectivity index (χ1) is 8.10. The molecule has 0 aromatic rings. The normalized spacial score (nSPS) is 14.2. The van der Waals surface area contributed by atoms with E-state index in [1.807, 2.05) is 13.8 Å². The number of alkyl carbamates (subject to hydrolysis) is 1. The van der Waals surface area contributed by atoms with Crippen molar-refractivity contribution in [2.75, 3.05) is 13.2 Å². The number of rotatable bonds is 6. The van der Waals surface area contributed by atoms with Gasteiger partial charge in [0.1, 0.15) is 6.10 Å². The van der Waals surface area contributed by atoms with Crippen LogP contribution in [-0.2, 0) is 9.16 Å². The molecule has 0 fully saturated rings. The van der Waals surface area contributed by atoms with Gasteiger partial charge in [-0.15, -0.1) is 0 Å². The molecule has 0 aromatic heterocycles. The second-order valence-corrected chi connectivity index (χ2v) is 11.0. The number of carbonyl (C=O) groups excluding carboxylic acids is 1. The second kappa shape index (κ2) is 7.14. The van der Waals surface area contributed by atoms with Crippen LogP contribution in [0.1, 0.15) is 41.0 Å². The van der Waals surface area contributed by atoms with E-state index in [1.54, 1.807) is 0 Å². The molecule has 0 rings (SSSR count). The Balaban J connectivity index is 3.94. The highest BCUT2D eigenvalue weighted by Gasteiger charge is 2.36. The van der Waals surface area contributed by atoms with Crippen molar-refractivity contribution in [3.05, 3.63) is 0 Å². The molecule has 0 spiro atoms. The van der Waals surface area contributed by atoms with Gasteiger partial charge in [-0.3, -0.25) is 0 Å². The van der Waals surface area contributed by atoms with Crippen LogP contribution in [0.25, 0.3) is 0 Å². The molecule has 4 nitrogen and oxygen atoms in total. The van der Waals surface area contributed by atoms with Crippen molar-refractivity contribution in [1.82, 2.24) is 5.32 Å². The Morgan fingerprint density at radius 2 is 1.89 bits per heavy atom. The molecule has 1 amide bonds. The highest BCUT2D eigenvalue weighted by atomic mass is 28.4. The van der Waals surface area contributed by atoms with E-state index in [2.05, 4.69) is 39.2 Å². The van der Waals surface area contributed by atoms with Crippen LogP contribution in [-0.4, -0.2) is 33.7 Å². The van der Waals surface area contributed by atoms with Crippen LogP contribution < -0.4 is 5.32 Å². The standard InChI is InChI=1S/C13H29NO3Si/c1-8-14-12(15)17-11(2)9-10-16-18(6,7)13(3,4)5/h11H,8-10H2,1-7H3,(H,14,15). The van der Waals surface area contributed by atoms with E-state index >= 15 is 0 Å². The van der Waals surface area contributed by atoms with Crippen LogP contribution in [0.5, 0.6) is 0 Å². The van der Waals surface area contributed by atoms with Gasteiger partial charge >= 0.3 is 6.09 Å². The molecular formula is C13H29NO3Si. The molecule has 0 aliphatic heterocycles. The number of carbonyl (C=O) groups is 1. The van der Waals surface area contributed by atoms with Crippen LogP contribution in [0.2, 0.25) is 18.1 Å². The third-order valence-corrected chi connectivity index (χ3v) is 7.96. The van der Waals surface area contributed by atoms with E-state index in [0.29, 0.717) is 13.2 Å². The maximum atomic E-state index is 11.2. The molecule has 0 bridgehead atoms. The van der Waals surface area contributed by atoms with Gasteiger partial charge in [-0.25, -0.2) is 4.79 Å². The topological polar surface area (TPSA) is 47.6 Å². The van der Waals surface area contributed by atoms with E-state index in [1.165, 1.54) is 0 Å². The summed E-state index contributed by atoms with van der Waals surface area (Å²) in [6.07, 6.45) is 0.280. The molecule has 18 heavy (non-hydrogen) atoms. The molecule has 0 aliphatic rings. The predicted molar refractivity (Wildman–Crippen MR) is 77.4 cm³/mol. The smallest absolute Gasteiger partial charge is 0.407 e. The minimum absolute atomic E-state index is 0.110. The van der Waals surface area contributed by atoms with E-state index in [9.17, 15) is 4.79 Å². The van der Waals surface area contributed by atoms with Crippen LogP contribution in [0.3, 0.4) is 0 Å². The molecule has 0 radical (unpaired) electrons. The van der Waals surface area contributed by atoms with Gasteiger partial charge in [-0.05, 0) is 32.0 Å². The summed E-state index contributed by atoms with van der Waals surface area (Å²) in [6, 6.07) is 0.